The van der Waals surface area contributed by atoms with E-state index in [9.17, 15) is 4.79 Å². The molecular formula is C28H24N4O2S2. The highest BCUT2D eigenvalue weighted by atomic mass is 32.1. The number of thiazole rings is 1. The molecule has 0 atom stereocenters. The van der Waals surface area contributed by atoms with Crippen LogP contribution < -0.4 is 0 Å². The Labute approximate surface area is 217 Å². The molecule has 1 aromatic carbocycles. The second-order valence-corrected chi connectivity index (χ2v) is 10.8. The number of carbonyl (C=O) groups excluding carboxylic acids is 1. The zero-order valence-electron chi connectivity index (χ0n) is 19.8. The van der Waals surface area contributed by atoms with E-state index < -0.39 is 0 Å². The lowest BCUT2D eigenvalue weighted by Gasteiger charge is -2.30. The molecule has 6 rings (SSSR count). The summed E-state index contributed by atoms with van der Waals surface area (Å²) in [5.41, 5.74) is 4.61. The second kappa shape index (κ2) is 9.79. The van der Waals surface area contributed by atoms with E-state index in [0.717, 1.165) is 74.7 Å². The van der Waals surface area contributed by atoms with Gasteiger partial charge < -0.3 is 9.42 Å². The van der Waals surface area contributed by atoms with Gasteiger partial charge in [0.2, 0.25) is 0 Å². The molecule has 36 heavy (non-hydrogen) atoms. The molecule has 0 radical (unpaired) electrons. The summed E-state index contributed by atoms with van der Waals surface area (Å²) >= 11 is 3.19. The van der Waals surface area contributed by atoms with Crippen LogP contribution in [0, 0.1) is 6.92 Å². The molecule has 1 aliphatic rings. The second-order valence-electron chi connectivity index (χ2n) is 8.84. The third-order valence-corrected chi connectivity index (χ3v) is 8.66. The largest absolute Gasteiger partial charge is 0.360 e. The first-order valence-electron chi connectivity index (χ1n) is 12.0. The van der Waals surface area contributed by atoms with Gasteiger partial charge in [0.1, 0.15) is 11.5 Å². The first-order chi connectivity index (χ1) is 17.7. The van der Waals surface area contributed by atoms with E-state index in [-0.39, 0.29) is 5.91 Å². The zero-order chi connectivity index (χ0) is 24.5. The fourth-order valence-corrected chi connectivity index (χ4v) is 6.57. The molecule has 0 aliphatic carbocycles. The van der Waals surface area contributed by atoms with Crippen LogP contribution in [0.3, 0.4) is 0 Å². The van der Waals surface area contributed by atoms with Crippen LogP contribution in [-0.2, 0) is 0 Å². The van der Waals surface area contributed by atoms with Gasteiger partial charge in [-0.1, -0.05) is 41.6 Å². The molecule has 1 fully saturated rings. The number of carbonyl (C=O) groups is 1. The predicted molar refractivity (Wildman–Crippen MR) is 143 cm³/mol. The van der Waals surface area contributed by atoms with Gasteiger partial charge in [-0.25, -0.2) is 4.98 Å². The van der Waals surface area contributed by atoms with Crippen LogP contribution >= 0.6 is 22.7 Å². The smallest absolute Gasteiger partial charge is 0.263 e. The van der Waals surface area contributed by atoms with Crippen molar-refractivity contribution in [1.29, 1.82) is 0 Å². The summed E-state index contributed by atoms with van der Waals surface area (Å²) < 4.78 is 5.54. The van der Waals surface area contributed by atoms with E-state index in [0.29, 0.717) is 5.92 Å². The lowest BCUT2D eigenvalue weighted by atomic mass is 9.97. The first kappa shape index (κ1) is 22.8. The summed E-state index contributed by atoms with van der Waals surface area (Å²) in [5.74, 6) is 1.22. The molecule has 0 bridgehead atoms. The van der Waals surface area contributed by atoms with Gasteiger partial charge in [0.25, 0.3) is 5.91 Å². The number of hydrogen-bond donors (Lipinski definition) is 0. The Bertz CT molecular complexity index is 1480. The predicted octanol–water partition coefficient (Wildman–Crippen LogP) is 6.92. The maximum absolute atomic E-state index is 13.1. The van der Waals surface area contributed by atoms with Crippen molar-refractivity contribution in [1.82, 2.24) is 20.0 Å². The van der Waals surface area contributed by atoms with Crippen LogP contribution in [0.15, 0.2) is 76.8 Å². The van der Waals surface area contributed by atoms with Crippen molar-refractivity contribution in [3.63, 3.8) is 0 Å². The number of nitrogens with zero attached hydrogens (tertiary/aromatic N) is 4. The number of pyridine rings is 1. The Morgan fingerprint density at radius 1 is 1.00 bits per heavy atom. The van der Waals surface area contributed by atoms with Crippen molar-refractivity contribution in [2.75, 3.05) is 13.1 Å². The van der Waals surface area contributed by atoms with Gasteiger partial charge in [0, 0.05) is 36.1 Å². The Balaban J connectivity index is 1.14. The van der Waals surface area contributed by atoms with Crippen LogP contribution in [0.5, 0.6) is 0 Å². The number of piperidine rings is 1. The van der Waals surface area contributed by atoms with E-state index in [4.69, 9.17) is 9.51 Å². The number of amides is 1. The number of benzene rings is 1. The number of rotatable bonds is 5. The number of thiophene rings is 1. The summed E-state index contributed by atoms with van der Waals surface area (Å²) in [5, 5.41) is 7.52. The SMILES string of the molecule is Cc1onc(-c2ccccc2)c1-c1csc(C2CCN(C(=O)c3ccc(-c4ccccn4)s3)CC2)n1. The maximum atomic E-state index is 13.1. The summed E-state index contributed by atoms with van der Waals surface area (Å²) in [7, 11) is 0. The van der Waals surface area contributed by atoms with Crippen LogP contribution in [-0.4, -0.2) is 39.0 Å². The molecule has 5 aromatic rings. The zero-order valence-corrected chi connectivity index (χ0v) is 21.4. The Morgan fingerprint density at radius 2 is 1.81 bits per heavy atom. The van der Waals surface area contributed by atoms with Crippen molar-refractivity contribution in [3.8, 4) is 33.1 Å². The quantitative estimate of drug-likeness (QED) is 0.256. The Hall–Kier alpha value is -3.62. The van der Waals surface area contributed by atoms with Crippen LogP contribution in [0.4, 0.5) is 0 Å². The molecule has 0 spiro atoms. The minimum atomic E-state index is 0.105. The van der Waals surface area contributed by atoms with Crippen LogP contribution in [0.2, 0.25) is 0 Å². The average Bonchev–Trinajstić information content (AvgIpc) is 3.69. The molecule has 0 N–H and O–H groups in total. The topological polar surface area (TPSA) is 72.1 Å². The Kier molecular flexibility index (Phi) is 6.21. The fourth-order valence-electron chi connectivity index (χ4n) is 4.64. The van der Waals surface area contributed by atoms with Gasteiger partial charge in [-0.3, -0.25) is 9.78 Å². The number of aryl methyl sites for hydroxylation is 1. The number of likely N-dealkylation sites (tertiary alicyclic amines) is 1. The van der Waals surface area contributed by atoms with Gasteiger partial charge in [0.15, 0.2) is 0 Å². The van der Waals surface area contributed by atoms with E-state index in [1.807, 2.05) is 72.5 Å². The van der Waals surface area contributed by atoms with Gasteiger partial charge in [-0.15, -0.1) is 22.7 Å². The summed E-state index contributed by atoms with van der Waals surface area (Å²) in [6.45, 7) is 3.40. The monoisotopic (exact) mass is 512 g/mol. The van der Waals surface area contributed by atoms with Crippen LogP contribution in [0.1, 0.15) is 39.2 Å². The molecule has 0 saturated carbocycles. The summed E-state index contributed by atoms with van der Waals surface area (Å²) in [6, 6.07) is 19.8. The standard InChI is InChI=1S/C28H24N4O2S2/c1-18-25(26(31-34-18)19-7-3-2-4-8-19)22-17-35-27(30-22)20-12-15-32(16-13-20)28(33)24-11-10-23(36-24)21-9-5-6-14-29-21/h2-11,14,17,20H,12-13,15-16H2,1H3. The molecule has 8 heteroatoms. The van der Waals surface area contributed by atoms with Crippen molar-refractivity contribution in [2.45, 2.75) is 25.7 Å². The Morgan fingerprint density at radius 3 is 2.58 bits per heavy atom. The van der Waals surface area contributed by atoms with Gasteiger partial charge in [-0.2, -0.15) is 0 Å². The molecular weight excluding hydrogens is 488 g/mol. The third-order valence-electron chi connectivity index (χ3n) is 6.55. The van der Waals surface area contributed by atoms with E-state index in [2.05, 4.69) is 15.5 Å². The highest BCUT2D eigenvalue weighted by molar-refractivity contribution is 7.17. The lowest BCUT2D eigenvalue weighted by Crippen LogP contribution is -2.37. The van der Waals surface area contributed by atoms with E-state index in [1.165, 1.54) is 11.3 Å². The van der Waals surface area contributed by atoms with Crippen molar-refractivity contribution >= 4 is 28.6 Å². The van der Waals surface area contributed by atoms with Crippen molar-refractivity contribution < 1.29 is 9.32 Å². The average molecular weight is 513 g/mol. The highest BCUT2D eigenvalue weighted by Gasteiger charge is 2.28. The number of aromatic nitrogens is 3. The van der Waals surface area contributed by atoms with Gasteiger partial charge >= 0.3 is 0 Å². The molecule has 5 heterocycles. The molecule has 6 nitrogen and oxygen atoms in total. The third kappa shape index (κ3) is 4.38. The lowest BCUT2D eigenvalue weighted by molar-refractivity contribution is 0.0718. The van der Waals surface area contributed by atoms with Gasteiger partial charge in [-0.05, 0) is 44.0 Å². The summed E-state index contributed by atoms with van der Waals surface area (Å²) in [6.07, 6.45) is 3.59. The first-order valence-corrected chi connectivity index (χ1v) is 13.6. The van der Waals surface area contributed by atoms with Gasteiger partial charge in [0.05, 0.1) is 31.7 Å². The minimum absolute atomic E-state index is 0.105. The molecule has 0 unspecified atom stereocenters. The molecule has 1 saturated heterocycles. The van der Waals surface area contributed by atoms with Crippen LogP contribution in [0.25, 0.3) is 33.1 Å². The maximum Gasteiger partial charge on any atom is 0.263 e. The molecule has 4 aromatic heterocycles. The fraction of sp³-hybridized carbons (Fsp3) is 0.214. The van der Waals surface area contributed by atoms with Crippen molar-refractivity contribution in [2.24, 2.45) is 0 Å². The normalized spacial score (nSPS) is 14.3. The van der Waals surface area contributed by atoms with E-state index in [1.54, 1.807) is 17.5 Å². The number of hydrogen-bond acceptors (Lipinski definition) is 7. The molecule has 1 aliphatic heterocycles. The molecule has 180 valence electrons. The molecule has 1 amide bonds. The van der Waals surface area contributed by atoms with E-state index >= 15 is 0 Å². The minimum Gasteiger partial charge on any atom is -0.360 e. The van der Waals surface area contributed by atoms with Crippen molar-refractivity contribution in [3.05, 3.63) is 87.9 Å². The highest BCUT2D eigenvalue weighted by Crippen LogP contribution is 2.38. The summed E-state index contributed by atoms with van der Waals surface area (Å²) in [4.78, 5) is 26.3.